The Kier molecular flexibility index (Phi) is 8.47. The van der Waals surface area contributed by atoms with E-state index in [1.807, 2.05) is 67.6 Å². The molecule has 1 aromatic heterocycles. The molecule has 3 aromatic rings. The molecule has 0 spiro atoms. The summed E-state index contributed by atoms with van der Waals surface area (Å²) in [6.07, 6.45) is 4.02. The van der Waals surface area contributed by atoms with Crippen LogP contribution in [0.4, 0.5) is 5.82 Å². The fourth-order valence-electron chi connectivity index (χ4n) is 3.49. The highest BCUT2D eigenvalue weighted by molar-refractivity contribution is 5.97. The van der Waals surface area contributed by atoms with Gasteiger partial charge >= 0.3 is 0 Å². The molecule has 0 atom stereocenters. The van der Waals surface area contributed by atoms with Crippen molar-refractivity contribution in [2.24, 2.45) is 0 Å². The third kappa shape index (κ3) is 7.06. The van der Waals surface area contributed by atoms with E-state index in [9.17, 15) is 9.59 Å². The molecule has 2 amide bonds. The van der Waals surface area contributed by atoms with Gasteiger partial charge in [-0.3, -0.25) is 9.59 Å². The summed E-state index contributed by atoms with van der Waals surface area (Å²) in [5.74, 6) is 0.800. The van der Waals surface area contributed by atoms with Gasteiger partial charge < -0.3 is 15.0 Å². The number of ether oxygens (including phenoxy) is 1. The Morgan fingerprint density at radius 3 is 2.37 bits per heavy atom. The predicted molar refractivity (Wildman–Crippen MR) is 140 cm³/mol. The van der Waals surface area contributed by atoms with E-state index in [1.54, 1.807) is 22.8 Å². The second-order valence-corrected chi connectivity index (χ2v) is 9.33. The first kappa shape index (κ1) is 25.7. The monoisotopic (exact) mass is 474 g/mol. The van der Waals surface area contributed by atoms with Crippen molar-refractivity contribution in [3.8, 4) is 11.4 Å². The van der Waals surface area contributed by atoms with E-state index in [-0.39, 0.29) is 23.8 Å². The van der Waals surface area contributed by atoms with Gasteiger partial charge in [-0.1, -0.05) is 58.0 Å². The van der Waals surface area contributed by atoms with Crippen LogP contribution in [0.2, 0.25) is 0 Å². The molecule has 184 valence electrons. The first-order chi connectivity index (χ1) is 16.7. The second kappa shape index (κ2) is 11.5. The van der Waals surface area contributed by atoms with Gasteiger partial charge in [0.05, 0.1) is 18.5 Å². The zero-order valence-corrected chi connectivity index (χ0v) is 21.1. The van der Waals surface area contributed by atoms with Crippen molar-refractivity contribution in [1.29, 1.82) is 0 Å². The van der Waals surface area contributed by atoms with E-state index in [0.29, 0.717) is 12.4 Å². The van der Waals surface area contributed by atoms with Crippen molar-refractivity contribution in [3.63, 3.8) is 0 Å². The maximum Gasteiger partial charge on any atom is 0.247 e. The summed E-state index contributed by atoms with van der Waals surface area (Å²) in [5.41, 5.74) is 2.36. The standard InChI is InChI=1S/C28H34N4O3/c1-6-18-31(27(34)17-12-21-10-8-7-9-11-21)20-26(33)29-25-19-24(28(2,3)4)30-32(25)22-13-15-23(35-5)16-14-22/h7-17,19H,6,18,20H2,1-5H3,(H,29,33)/b17-12+. The summed E-state index contributed by atoms with van der Waals surface area (Å²) in [5, 5.41) is 7.70. The molecule has 0 aliphatic heterocycles. The number of nitrogens with zero attached hydrogens (tertiary/aromatic N) is 3. The van der Waals surface area contributed by atoms with Crippen molar-refractivity contribution in [2.75, 3.05) is 25.5 Å². The lowest BCUT2D eigenvalue weighted by atomic mass is 9.92. The van der Waals surface area contributed by atoms with Crippen LogP contribution in [0.15, 0.2) is 66.7 Å². The van der Waals surface area contributed by atoms with Crippen molar-refractivity contribution < 1.29 is 14.3 Å². The molecule has 7 heteroatoms. The fourth-order valence-corrected chi connectivity index (χ4v) is 3.49. The minimum absolute atomic E-state index is 0.0511. The lowest BCUT2D eigenvalue weighted by molar-refractivity contribution is -0.130. The molecule has 0 aliphatic rings. The van der Waals surface area contributed by atoms with E-state index in [4.69, 9.17) is 9.84 Å². The summed E-state index contributed by atoms with van der Waals surface area (Å²) < 4.78 is 6.96. The quantitative estimate of drug-likeness (QED) is 0.440. The first-order valence-corrected chi connectivity index (χ1v) is 11.8. The molecule has 35 heavy (non-hydrogen) atoms. The van der Waals surface area contributed by atoms with Crippen molar-refractivity contribution in [1.82, 2.24) is 14.7 Å². The number of rotatable bonds is 9. The van der Waals surface area contributed by atoms with Crippen LogP contribution in [0.3, 0.4) is 0 Å². The topological polar surface area (TPSA) is 76.5 Å². The molecule has 3 rings (SSSR count). The zero-order chi connectivity index (χ0) is 25.4. The van der Waals surface area contributed by atoms with Gasteiger partial charge in [-0.2, -0.15) is 5.10 Å². The molecule has 0 fully saturated rings. The number of carbonyl (C=O) groups excluding carboxylic acids is 2. The molecule has 2 aromatic carbocycles. The lowest BCUT2D eigenvalue weighted by Gasteiger charge is -2.20. The number of carbonyl (C=O) groups is 2. The second-order valence-electron chi connectivity index (χ2n) is 9.33. The van der Waals surface area contributed by atoms with E-state index in [1.165, 1.54) is 6.08 Å². The van der Waals surface area contributed by atoms with Gasteiger partial charge in [-0.05, 0) is 42.3 Å². The lowest BCUT2D eigenvalue weighted by Crippen LogP contribution is -2.37. The average molecular weight is 475 g/mol. The summed E-state index contributed by atoms with van der Waals surface area (Å²) >= 11 is 0. The third-order valence-corrected chi connectivity index (χ3v) is 5.42. The Bertz CT molecular complexity index is 1160. The minimum atomic E-state index is -0.282. The molecule has 0 aliphatic carbocycles. The van der Waals surface area contributed by atoms with E-state index < -0.39 is 0 Å². The molecule has 0 saturated carbocycles. The van der Waals surface area contributed by atoms with Crippen LogP contribution in [-0.4, -0.2) is 46.7 Å². The molecular weight excluding hydrogens is 440 g/mol. The number of benzene rings is 2. The zero-order valence-electron chi connectivity index (χ0n) is 21.1. The van der Waals surface area contributed by atoms with Gasteiger partial charge in [0.1, 0.15) is 18.1 Å². The largest absolute Gasteiger partial charge is 0.497 e. The molecule has 7 nitrogen and oxygen atoms in total. The summed E-state index contributed by atoms with van der Waals surface area (Å²) in [4.78, 5) is 27.4. The number of aromatic nitrogens is 2. The molecule has 0 bridgehead atoms. The Morgan fingerprint density at radius 1 is 1.09 bits per heavy atom. The Labute approximate surface area is 207 Å². The molecule has 1 heterocycles. The molecule has 0 unspecified atom stereocenters. The SMILES string of the molecule is CCCN(CC(=O)Nc1cc(C(C)(C)C)nn1-c1ccc(OC)cc1)C(=O)/C=C/c1ccccc1. The van der Waals surface area contributed by atoms with Gasteiger partial charge in [0.15, 0.2) is 0 Å². The number of methoxy groups -OCH3 is 1. The van der Waals surface area contributed by atoms with Gasteiger partial charge in [-0.25, -0.2) is 4.68 Å². The number of nitrogens with one attached hydrogen (secondary N) is 1. The van der Waals surface area contributed by atoms with Crippen molar-refractivity contribution in [3.05, 3.63) is 78.0 Å². The van der Waals surface area contributed by atoms with Crippen LogP contribution in [-0.2, 0) is 15.0 Å². The highest BCUT2D eigenvalue weighted by Crippen LogP contribution is 2.27. The van der Waals surface area contributed by atoms with Gasteiger partial charge in [0.2, 0.25) is 11.8 Å². The van der Waals surface area contributed by atoms with Crippen LogP contribution in [0.1, 0.15) is 45.4 Å². The molecular formula is C28H34N4O3. The Morgan fingerprint density at radius 2 is 1.77 bits per heavy atom. The molecule has 0 radical (unpaired) electrons. The van der Waals surface area contributed by atoms with Gasteiger partial charge in [0.25, 0.3) is 0 Å². The third-order valence-electron chi connectivity index (χ3n) is 5.42. The van der Waals surface area contributed by atoms with E-state index >= 15 is 0 Å². The number of amides is 2. The summed E-state index contributed by atoms with van der Waals surface area (Å²) in [7, 11) is 1.62. The average Bonchev–Trinajstić information content (AvgIpc) is 3.27. The van der Waals surface area contributed by atoms with Crippen molar-refractivity contribution in [2.45, 2.75) is 39.5 Å². The first-order valence-electron chi connectivity index (χ1n) is 11.8. The fraction of sp³-hybridized carbons (Fsp3) is 0.321. The van der Waals surface area contributed by atoms with Crippen LogP contribution in [0, 0.1) is 0 Å². The molecule has 1 N–H and O–H groups in total. The smallest absolute Gasteiger partial charge is 0.247 e. The van der Waals surface area contributed by atoms with Crippen LogP contribution in [0.25, 0.3) is 11.8 Å². The summed E-state index contributed by atoms with van der Waals surface area (Å²) in [6.45, 7) is 8.62. The highest BCUT2D eigenvalue weighted by Gasteiger charge is 2.22. The number of hydrogen-bond acceptors (Lipinski definition) is 4. The normalized spacial score (nSPS) is 11.5. The Hall–Kier alpha value is -3.87. The number of anilines is 1. The minimum Gasteiger partial charge on any atom is -0.497 e. The molecule has 0 saturated heterocycles. The maximum absolute atomic E-state index is 13.0. The summed E-state index contributed by atoms with van der Waals surface area (Å²) in [6, 6.07) is 18.9. The van der Waals surface area contributed by atoms with Crippen LogP contribution >= 0.6 is 0 Å². The number of hydrogen-bond donors (Lipinski definition) is 1. The van der Waals surface area contributed by atoms with Crippen molar-refractivity contribution >= 4 is 23.7 Å². The van der Waals surface area contributed by atoms with E-state index in [2.05, 4.69) is 26.1 Å². The van der Waals surface area contributed by atoms with Crippen LogP contribution in [0.5, 0.6) is 5.75 Å². The van der Waals surface area contributed by atoms with Gasteiger partial charge in [0, 0.05) is 24.1 Å². The van der Waals surface area contributed by atoms with Crippen LogP contribution < -0.4 is 10.1 Å². The van der Waals surface area contributed by atoms with Gasteiger partial charge in [-0.15, -0.1) is 0 Å². The predicted octanol–water partition coefficient (Wildman–Crippen LogP) is 5.07. The highest BCUT2D eigenvalue weighted by atomic mass is 16.5. The maximum atomic E-state index is 13.0. The Balaban J connectivity index is 1.79. The van der Waals surface area contributed by atoms with E-state index in [0.717, 1.165) is 29.1 Å².